The smallest absolute Gasteiger partial charge is 0.141 e. The Bertz CT molecular complexity index is 1020. The van der Waals surface area contributed by atoms with E-state index >= 15 is 0 Å². The van der Waals surface area contributed by atoms with Crippen LogP contribution in [0, 0.1) is 11.3 Å². The molecule has 0 spiro atoms. The summed E-state index contributed by atoms with van der Waals surface area (Å²) in [5.41, 5.74) is 6.88. The SMILES string of the molecule is N#Cc1cc2ccccc2cn1.NCc1cc2ccccc2cn1. The lowest BCUT2D eigenvalue weighted by Crippen LogP contribution is -1.98. The molecule has 2 aromatic carbocycles. The molecule has 116 valence electrons. The monoisotopic (exact) mass is 312 g/mol. The van der Waals surface area contributed by atoms with Gasteiger partial charge < -0.3 is 5.73 Å². The van der Waals surface area contributed by atoms with E-state index in [4.69, 9.17) is 11.0 Å². The zero-order valence-electron chi connectivity index (χ0n) is 13.1. The Morgan fingerprint density at radius 1 is 0.792 bits per heavy atom. The van der Waals surface area contributed by atoms with Gasteiger partial charge in [-0.2, -0.15) is 5.26 Å². The summed E-state index contributed by atoms with van der Waals surface area (Å²) < 4.78 is 0. The third kappa shape index (κ3) is 3.54. The highest BCUT2D eigenvalue weighted by atomic mass is 14.7. The molecule has 4 rings (SSSR count). The molecule has 2 aromatic heterocycles. The number of hydrogen-bond acceptors (Lipinski definition) is 4. The molecule has 4 nitrogen and oxygen atoms in total. The summed E-state index contributed by atoms with van der Waals surface area (Å²) in [6.45, 7) is 0.505. The zero-order valence-corrected chi connectivity index (χ0v) is 13.1. The minimum Gasteiger partial charge on any atom is -0.325 e. The Labute approximate surface area is 140 Å². The van der Waals surface area contributed by atoms with Gasteiger partial charge in [-0.25, -0.2) is 4.98 Å². The van der Waals surface area contributed by atoms with Crippen LogP contribution in [0.15, 0.2) is 73.1 Å². The molecule has 0 aliphatic heterocycles. The average Bonchev–Trinajstić information content (AvgIpc) is 2.67. The van der Waals surface area contributed by atoms with Crippen molar-refractivity contribution in [3.05, 3.63) is 84.4 Å². The Morgan fingerprint density at radius 3 is 1.92 bits per heavy atom. The quantitative estimate of drug-likeness (QED) is 0.580. The second kappa shape index (κ2) is 7.32. The summed E-state index contributed by atoms with van der Waals surface area (Å²) in [5, 5.41) is 13.1. The zero-order chi connectivity index (χ0) is 16.8. The van der Waals surface area contributed by atoms with Gasteiger partial charge in [-0.05, 0) is 22.9 Å². The van der Waals surface area contributed by atoms with E-state index in [1.165, 1.54) is 5.39 Å². The second-order valence-electron chi connectivity index (χ2n) is 5.26. The fourth-order valence-electron chi connectivity index (χ4n) is 2.39. The number of fused-ring (bicyclic) bond motifs is 2. The highest BCUT2D eigenvalue weighted by Gasteiger charge is 1.94. The van der Waals surface area contributed by atoms with Crippen molar-refractivity contribution < 1.29 is 0 Å². The normalized spacial score (nSPS) is 10.0. The Hall–Kier alpha value is -3.29. The molecule has 24 heavy (non-hydrogen) atoms. The Kier molecular flexibility index (Phi) is 4.76. The minimum absolute atomic E-state index is 0.466. The molecule has 0 atom stereocenters. The lowest BCUT2D eigenvalue weighted by molar-refractivity contribution is 0.998. The van der Waals surface area contributed by atoms with Crippen LogP contribution in [0.3, 0.4) is 0 Å². The lowest BCUT2D eigenvalue weighted by Gasteiger charge is -1.98. The van der Waals surface area contributed by atoms with E-state index in [2.05, 4.69) is 16.0 Å². The van der Waals surface area contributed by atoms with Gasteiger partial charge >= 0.3 is 0 Å². The number of nitrogens with zero attached hydrogens (tertiary/aromatic N) is 3. The van der Waals surface area contributed by atoms with Crippen LogP contribution in [0.4, 0.5) is 0 Å². The molecule has 0 bridgehead atoms. The van der Waals surface area contributed by atoms with E-state index < -0.39 is 0 Å². The molecule has 2 N–H and O–H groups in total. The van der Waals surface area contributed by atoms with Gasteiger partial charge in [0.25, 0.3) is 0 Å². The van der Waals surface area contributed by atoms with Crippen LogP contribution < -0.4 is 5.73 Å². The first-order chi connectivity index (χ1) is 11.8. The van der Waals surface area contributed by atoms with Gasteiger partial charge in [-0.3, -0.25) is 4.98 Å². The van der Waals surface area contributed by atoms with E-state index in [0.717, 1.165) is 21.9 Å². The molecule has 2 heterocycles. The first kappa shape index (κ1) is 15.6. The van der Waals surface area contributed by atoms with Crippen molar-refractivity contribution in [3.63, 3.8) is 0 Å². The highest BCUT2D eigenvalue weighted by Crippen LogP contribution is 2.13. The van der Waals surface area contributed by atoms with Crippen LogP contribution in [0.5, 0.6) is 0 Å². The van der Waals surface area contributed by atoms with E-state index in [1.54, 1.807) is 12.3 Å². The number of rotatable bonds is 1. The molecule has 0 fully saturated rings. The van der Waals surface area contributed by atoms with Gasteiger partial charge in [0.05, 0.1) is 5.69 Å². The molecule has 4 heteroatoms. The molecule has 4 aromatic rings. The maximum atomic E-state index is 8.58. The van der Waals surface area contributed by atoms with Gasteiger partial charge in [0, 0.05) is 29.7 Å². The molecular formula is C20H16N4. The van der Waals surface area contributed by atoms with Crippen molar-refractivity contribution in [2.24, 2.45) is 5.73 Å². The summed E-state index contributed by atoms with van der Waals surface area (Å²) in [4.78, 5) is 8.16. The predicted molar refractivity (Wildman–Crippen MR) is 96.1 cm³/mol. The van der Waals surface area contributed by atoms with Crippen LogP contribution in [-0.2, 0) is 6.54 Å². The highest BCUT2D eigenvalue weighted by molar-refractivity contribution is 5.82. The van der Waals surface area contributed by atoms with Crippen LogP contribution in [0.1, 0.15) is 11.4 Å². The van der Waals surface area contributed by atoms with E-state index in [0.29, 0.717) is 12.2 Å². The number of nitriles is 1. The van der Waals surface area contributed by atoms with Gasteiger partial charge in [0.1, 0.15) is 11.8 Å². The number of aromatic nitrogens is 2. The standard InChI is InChI=1S/C10H10N2.C10H6N2/c2*11-6-10-5-8-3-1-2-4-9(8)7-12-10/h1-5,7H,6,11H2;1-5,7H. The summed E-state index contributed by atoms with van der Waals surface area (Å²) in [7, 11) is 0. The van der Waals surface area contributed by atoms with E-state index in [-0.39, 0.29) is 0 Å². The second-order valence-corrected chi connectivity index (χ2v) is 5.26. The Balaban J connectivity index is 0.000000141. The van der Waals surface area contributed by atoms with Crippen molar-refractivity contribution in [2.45, 2.75) is 6.54 Å². The first-order valence-corrected chi connectivity index (χ1v) is 7.59. The van der Waals surface area contributed by atoms with E-state index in [1.807, 2.05) is 60.8 Å². The summed E-state index contributed by atoms with van der Waals surface area (Å²) in [6, 6.07) is 21.8. The minimum atomic E-state index is 0.466. The van der Waals surface area contributed by atoms with Crippen molar-refractivity contribution in [3.8, 4) is 6.07 Å². The summed E-state index contributed by atoms with van der Waals surface area (Å²) in [6.07, 6.45) is 3.57. The lowest BCUT2D eigenvalue weighted by atomic mass is 10.1. The molecule has 0 amide bonds. The molecule has 0 aliphatic carbocycles. The van der Waals surface area contributed by atoms with Crippen molar-refractivity contribution in [1.29, 1.82) is 5.26 Å². The number of pyridine rings is 2. The molecule has 0 aliphatic rings. The van der Waals surface area contributed by atoms with Gasteiger partial charge in [-0.1, -0.05) is 48.5 Å². The van der Waals surface area contributed by atoms with Crippen molar-refractivity contribution >= 4 is 21.5 Å². The van der Waals surface area contributed by atoms with Crippen molar-refractivity contribution in [1.82, 2.24) is 9.97 Å². The molecule has 0 saturated carbocycles. The first-order valence-electron chi connectivity index (χ1n) is 7.59. The van der Waals surface area contributed by atoms with Crippen LogP contribution >= 0.6 is 0 Å². The summed E-state index contributed by atoms with van der Waals surface area (Å²) >= 11 is 0. The fraction of sp³-hybridized carbons (Fsp3) is 0.0500. The van der Waals surface area contributed by atoms with Crippen LogP contribution in [0.25, 0.3) is 21.5 Å². The van der Waals surface area contributed by atoms with Crippen molar-refractivity contribution in [2.75, 3.05) is 0 Å². The molecule has 0 radical (unpaired) electrons. The Morgan fingerprint density at radius 2 is 1.33 bits per heavy atom. The third-order valence-electron chi connectivity index (χ3n) is 3.64. The topological polar surface area (TPSA) is 75.6 Å². The van der Waals surface area contributed by atoms with Gasteiger partial charge in [-0.15, -0.1) is 0 Å². The molecule has 0 saturated heterocycles. The number of hydrogen-bond donors (Lipinski definition) is 1. The number of nitrogens with two attached hydrogens (primary N) is 1. The molecular weight excluding hydrogens is 296 g/mol. The maximum absolute atomic E-state index is 8.58. The number of benzene rings is 2. The summed E-state index contributed by atoms with van der Waals surface area (Å²) in [5.74, 6) is 0. The van der Waals surface area contributed by atoms with Gasteiger partial charge in [0.2, 0.25) is 0 Å². The predicted octanol–water partition coefficient (Wildman–Crippen LogP) is 3.80. The van der Waals surface area contributed by atoms with Gasteiger partial charge in [0.15, 0.2) is 0 Å². The van der Waals surface area contributed by atoms with Crippen LogP contribution in [-0.4, -0.2) is 9.97 Å². The molecule has 0 unspecified atom stereocenters. The van der Waals surface area contributed by atoms with E-state index in [9.17, 15) is 0 Å². The average molecular weight is 312 g/mol. The third-order valence-corrected chi connectivity index (χ3v) is 3.64. The fourth-order valence-corrected chi connectivity index (χ4v) is 2.39. The largest absolute Gasteiger partial charge is 0.325 e. The van der Waals surface area contributed by atoms with Crippen LogP contribution in [0.2, 0.25) is 0 Å². The maximum Gasteiger partial charge on any atom is 0.141 e.